The first-order valence-electron chi connectivity index (χ1n) is 27.3. The summed E-state index contributed by atoms with van der Waals surface area (Å²) in [5.41, 5.74) is 0. The molecular weight excluding hydrogens is 877 g/mol. The van der Waals surface area contributed by atoms with Crippen LogP contribution in [0.15, 0.2) is 182 Å². The van der Waals surface area contributed by atoms with Crippen LogP contribution in [0.1, 0.15) is 188 Å². The molecule has 0 aliphatic rings. The summed E-state index contributed by atoms with van der Waals surface area (Å²) in [7, 11) is 0. The summed E-state index contributed by atoms with van der Waals surface area (Å²) in [6.45, 7) is 6.13. The van der Waals surface area contributed by atoms with Gasteiger partial charge in [0.05, 0.1) is 0 Å². The van der Waals surface area contributed by atoms with Crippen LogP contribution in [0, 0.1) is 0 Å². The molecule has 0 aromatic carbocycles. The van der Waals surface area contributed by atoms with Gasteiger partial charge in [-0.25, -0.2) is 0 Å². The number of hydrogen-bond donors (Lipinski definition) is 0. The summed E-state index contributed by atoms with van der Waals surface area (Å²) in [5, 5.41) is 0. The van der Waals surface area contributed by atoms with Crippen LogP contribution in [0.4, 0.5) is 0 Å². The normalized spacial score (nSPS) is 13.6. The van der Waals surface area contributed by atoms with E-state index in [9.17, 15) is 14.4 Å². The number of ether oxygens (including phenoxy) is 3. The molecule has 0 radical (unpaired) electrons. The van der Waals surface area contributed by atoms with Crippen LogP contribution in [0.25, 0.3) is 0 Å². The molecule has 6 nitrogen and oxygen atoms in total. The molecule has 0 unspecified atom stereocenters. The maximum atomic E-state index is 12.8. The molecule has 6 heteroatoms. The molecule has 0 N–H and O–H groups in total. The first-order valence-corrected chi connectivity index (χ1v) is 27.3. The monoisotopic (exact) mass is 973 g/mol. The highest BCUT2D eigenvalue weighted by Crippen LogP contribution is 2.10. The Morgan fingerprint density at radius 3 is 0.873 bits per heavy atom. The minimum atomic E-state index is -0.856. The molecule has 0 aromatic heterocycles. The summed E-state index contributed by atoms with van der Waals surface area (Å²) >= 11 is 0. The summed E-state index contributed by atoms with van der Waals surface area (Å²) < 4.78 is 16.7. The summed E-state index contributed by atoms with van der Waals surface area (Å²) in [4.78, 5) is 38.1. The van der Waals surface area contributed by atoms with Gasteiger partial charge >= 0.3 is 17.9 Å². The zero-order valence-electron chi connectivity index (χ0n) is 44.6. The van der Waals surface area contributed by atoms with E-state index in [1.54, 1.807) is 0 Å². The second-order valence-corrected chi connectivity index (χ2v) is 17.0. The molecule has 0 heterocycles. The molecule has 0 spiro atoms. The topological polar surface area (TPSA) is 78.9 Å². The third-order valence-electron chi connectivity index (χ3n) is 10.4. The van der Waals surface area contributed by atoms with Crippen molar-refractivity contribution in [3.8, 4) is 0 Å². The van der Waals surface area contributed by atoms with E-state index in [2.05, 4.69) is 191 Å². The Kier molecular flexibility index (Phi) is 52.7. The third kappa shape index (κ3) is 55.3. The van der Waals surface area contributed by atoms with Crippen molar-refractivity contribution >= 4 is 17.9 Å². The van der Waals surface area contributed by atoms with Crippen LogP contribution < -0.4 is 0 Å². The Labute approximate surface area is 434 Å². The van der Waals surface area contributed by atoms with Gasteiger partial charge in [0.15, 0.2) is 6.10 Å². The Bertz CT molecular complexity index is 1730. The molecule has 0 saturated heterocycles. The van der Waals surface area contributed by atoms with Gasteiger partial charge in [-0.1, -0.05) is 209 Å². The predicted molar refractivity (Wildman–Crippen MR) is 306 cm³/mol. The Balaban J connectivity index is 4.66. The maximum Gasteiger partial charge on any atom is 0.306 e. The van der Waals surface area contributed by atoms with Crippen LogP contribution in [-0.4, -0.2) is 37.2 Å². The lowest BCUT2D eigenvalue weighted by molar-refractivity contribution is -0.166. The molecule has 0 aliphatic carbocycles. The first-order chi connectivity index (χ1) is 35.0. The highest BCUT2D eigenvalue weighted by molar-refractivity contribution is 5.71. The number of carbonyl (C=O) groups is 3. The Morgan fingerprint density at radius 1 is 0.282 bits per heavy atom. The van der Waals surface area contributed by atoms with Crippen molar-refractivity contribution in [1.82, 2.24) is 0 Å². The van der Waals surface area contributed by atoms with E-state index in [0.29, 0.717) is 12.8 Å². The van der Waals surface area contributed by atoms with Gasteiger partial charge in [-0.05, 0) is 141 Å². The molecule has 392 valence electrons. The number of rotatable bonds is 46. The average molecular weight is 973 g/mol. The van der Waals surface area contributed by atoms with Crippen molar-refractivity contribution in [2.75, 3.05) is 13.2 Å². The highest BCUT2D eigenvalue weighted by Gasteiger charge is 2.19. The van der Waals surface area contributed by atoms with Gasteiger partial charge in [0.2, 0.25) is 0 Å². The lowest BCUT2D eigenvalue weighted by atomic mass is 10.1. The second kappa shape index (κ2) is 57.1. The van der Waals surface area contributed by atoms with Crippen molar-refractivity contribution in [3.63, 3.8) is 0 Å². The lowest BCUT2D eigenvalue weighted by Crippen LogP contribution is -2.30. The number of carbonyl (C=O) groups excluding carboxylic acids is 3. The van der Waals surface area contributed by atoms with Gasteiger partial charge < -0.3 is 14.2 Å². The summed E-state index contributed by atoms with van der Waals surface area (Å²) in [6.07, 6.45) is 86.1. The van der Waals surface area contributed by atoms with E-state index in [0.717, 1.165) is 135 Å². The molecule has 0 bridgehead atoms. The van der Waals surface area contributed by atoms with Gasteiger partial charge in [0.1, 0.15) is 13.2 Å². The van der Waals surface area contributed by atoms with E-state index >= 15 is 0 Å². The molecule has 0 rings (SSSR count). The summed E-state index contributed by atoms with van der Waals surface area (Å²) in [6, 6.07) is 0. The number of allylic oxidation sites excluding steroid dienone is 30. The SMILES string of the molecule is CC/C=C\C/C=C\C/C=C\C/C=C\C/C=C\C/C=C\CCC(=O)OC[C@H](COC(=O)CCCCC/C=C\C/C=C\C/C=C\C/C=C\C/C=C\CC)OC(=O)CCCC/C=C\C/C=C\C/C=C\C/C=C\CC. The maximum absolute atomic E-state index is 12.8. The average Bonchev–Trinajstić information content (AvgIpc) is 3.37. The van der Waals surface area contributed by atoms with E-state index in [1.807, 2.05) is 12.2 Å². The molecule has 71 heavy (non-hydrogen) atoms. The van der Waals surface area contributed by atoms with E-state index in [4.69, 9.17) is 14.2 Å². The van der Waals surface area contributed by atoms with Crippen LogP contribution >= 0.6 is 0 Å². The lowest BCUT2D eigenvalue weighted by Gasteiger charge is -2.18. The molecule has 0 aromatic rings. The smallest absolute Gasteiger partial charge is 0.306 e. The minimum absolute atomic E-state index is 0.146. The highest BCUT2D eigenvalue weighted by atomic mass is 16.6. The Morgan fingerprint density at radius 2 is 0.535 bits per heavy atom. The van der Waals surface area contributed by atoms with Crippen LogP contribution in [0.5, 0.6) is 0 Å². The molecule has 0 amide bonds. The third-order valence-corrected chi connectivity index (χ3v) is 10.4. The predicted octanol–water partition coefficient (Wildman–Crippen LogP) is 18.5. The van der Waals surface area contributed by atoms with Crippen LogP contribution in [0.3, 0.4) is 0 Å². The number of hydrogen-bond acceptors (Lipinski definition) is 6. The molecule has 0 saturated carbocycles. The zero-order valence-corrected chi connectivity index (χ0v) is 44.6. The van der Waals surface area contributed by atoms with Gasteiger partial charge in [0, 0.05) is 19.3 Å². The van der Waals surface area contributed by atoms with Crippen molar-refractivity contribution in [1.29, 1.82) is 0 Å². The first kappa shape index (κ1) is 65.5. The van der Waals surface area contributed by atoms with Gasteiger partial charge in [-0.3, -0.25) is 14.4 Å². The second-order valence-electron chi connectivity index (χ2n) is 17.0. The van der Waals surface area contributed by atoms with Crippen molar-refractivity contribution in [3.05, 3.63) is 182 Å². The van der Waals surface area contributed by atoms with Crippen molar-refractivity contribution < 1.29 is 28.6 Å². The fraction of sp³-hybridized carbons (Fsp3) is 0.492. The summed E-state index contributed by atoms with van der Waals surface area (Å²) in [5.74, 6) is -1.12. The van der Waals surface area contributed by atoms with Gasteiger partial charge in [0.25, 0.3) is 0 Å². The quantitative estimate of drug-likeness (QED) is 0.0262. The van der Waals surface area contributed by atoms with Gasteiger partial charge in [-0.2, -0.15) is 0 Å². The molecular formula is C65H96O6. The van der Waals surface area contributed by atoms with Crippen LogP contribution in [-0.2, 0) is 28.6 Å². The number of esters is 3. The minimum Gasteiger partial charge on any atom is -0.462 e. The fourth-order valence-corrected chi connectivity index (χ4v) is 6.42. The van der Waals surface area contributed by atoms with Crippen LogP contribution in [0.2, 0.25) is 0 Å². The number of unbranched alkanes of at least 4 members (excludes halogenated alkanes) is 5. The van der Waals surface area contributed by atoms with Crippen molar-refractivity contribution in [2.24, 2.45) is 0 Å². The van der Waals surface area contributed by atoms with Crippen molar-refractivity contribution in [2.45, 2.75) is 194 Å². The van der Waals surface area contributed by atoms with E-state index in [-0.39, 0.29) is 50.4 Å². The van der Waals surface area contributed by atoms with E-state index in [1.165, 1.54) is 0 Å². The molecule has 1 atom stereocenters. The zero-order chi connectivity index (χ0) is 51.4. The van der Waals surface area contributed by atoms with E-state index < -0.39 is 6.10 Å². The standard InChI is InChI=1S/C65H96O6/c1-4-7-10-13-16-19-22-25-28-30-32-34-37-39-42-45-48-51-54-57-63(66)69-60-62(71-65(68)59-56-53-50-47-44-41-36-27-24-21-18-15-12-9-6-3)61-70-64(67)58-55-52-49-46-43-40-38-35-33-31-29-26-23-20-17-14-11-8-5-2/h7-12,16-21,25-29,32-36,39-40,42-44,47-48,51,62H,4-6,13-15,22-24,30-31,37-38,41,45-46,49-50,52-61H2,1-3H3/b10-7-,11-8-,12-9-,19-16-,20-17-,21-18-,28-25-,29-26-,34-32-,35-33-,36-27-,42-39-,43-40-,47-44-,51-48-/t62-/m1/s1. The fourth-order valence-electron chi connectivity index (χ4n) is 6.42. The molecule has 0 aliphatic heterocycles. The largest absolute Gasteiger partial charge is 0.462 e. The Hall–Kier alpha value is -5.49. The van der Waals surface area contributed by atoms with Gasteiger partial charge in [-0.15, -0.1) is 0 Å². The molecule has 0 fully saturated rings.